The summed E-state index contributed by atoms with van der Waals surface area (Å²) in [5, 5.41) is 1.58. The summed E-state index contributed by atoms with van der Waals surface area (Å²) < 4.78 is 18.7. The predicted molar refractivity (Wildman–Crippen MR) is 74.8 cm³/mol. The van der Waals surface area contributed by atoms with Crippen molar-refractivity contribution in [3.05, 3.63) is 42.2 Å². The van der Waals surface area contributed by atoms with Gasteiger partial charge in [0.05, 0.1) is 23.3 Å². The summed E-state index contributed by atoms with van der Waals surface area (Å²) in [6.07, 6.45) is 0. The van der Waals surface area contributed by atoms with Gasteiger partial charge in [0.2, 0.25) is 0 Å². The number of halogens is 1. The third-order valence-electron chi connectivity index (χ3n) is 3.06. The van der Waals surface area contributed by atoms with Crippen LogP contribution < -0.4 is 10.5 Å². The molecule has 0 radical (unpaired) electrons. The molecular formula is C15H13FN2O. The van der Waals surface area contributed by atoms with Crippen LogP contribution >= 0.6 is 0 Å². The Morgan fingerprint density at radius 3 is 2.74 bits per heavy atom. The summed E-state index contributed by atoms with van der Waals surface area (Å²) in [6, 6.07) is 9.97. The Morgan fingerprint density at radius 1 is 1.11 bits per heavy atom. The highest BCUT2D eigenvalue weighted by Crippen LogP contribution is 2.31. The number of hydrogen-bond donors (Lipinski definition) is 1. The Balaban J connectivity index is 2.33. The van der Waals surface area contributed by atoms with Gasteiger partial charge in [-0.15, -0.1) is 0 Å². The Morgan fingerprint density at radius 2 is 1.95 bits per heavy atom. The number of aromatic nitrogens is 1. The van der Waals surface area contributed by atoms with Gasteiger partial charge >= 0.3 is 0 Å². The van der Waals surface area contributed by atoms with E-state index in [2.05, 4.69) is 4.98 Å². The number of pyridine rings is 1. The van der Waals surface area contributed by atoms with Crippen molar-refractivity contribution in [2.24, 2.45) is 0 Å². The molecule has 0 bridgehead atoms. The topological polar surface area (TPSA) is 48.1 Å². The molecule has 3 rings (SSSR count). The Labute approximate surface area is 109 Å². The summed E-state index contributed by atoms with van der Waals surface area (Å²) in [4.78, 5) is 4.43. The molecule has 3 nitrogen and oxygen atoms in total. The van der Waals surface area contributed by atoms with E-state index in [0.717, 1.165) is 22.0 Å². The van der Waals surface area contributed by atoms with Gasteiger partial charge in [0, 0.05) is 16.8 Å². The quantitative estimate of drug-likeness (QED) is 0.714. The van der Waals surface area contributed by atoms with Gasteiger partial charge in [0.25, 0.3) is 0 Å². The van der Waals surface area contributed by atoms with Gasteiger partial charge in [-0.3, -0.25) is 0 Å². The van der Waals surface area contributed by atoms with Crippen molar-refractivity contribution in [3.63, 3.8) is 0 Å². The number of benzene rings is 2. The number of ether oxygens (including phenoxy) is 1. The molecule has 0 aliphatic rings. The first-order valence-electron chi connectivity index (χ1n) is 6.10. The third kappa shape index (κ3) is 1.95. The molecule has 0 aliphatic carbocycles. The first-order valence-corrected chi connectivity index (χ1v) is 6.10. The maximum Gasteiger partial charge on any atom is 0.125 e. The lowest BCUT2D eigenvalue weighted by Gasteiger charge is -2.09. The molecule has 0 amide bonds. The molecule has 0 saturated heterocycles. The van der Waals surface area contributed by atoms with E-state index in [1.165, 1.54) is 12.1 Å². The van der Waals surface area contributed by atoms with Crippen molar-refractivity contribution >= 4 is 27.5 Å². The van der Waals surface area contributed by atoms with Crippen LogP contribution in [0.25, 0.3) is 21.8 Å². The molecule has 1 aromatic heterocycles. The van der Waals surface area contributed by atoms with Crippen LogP contribution in [0.15, 0.2) is 36.4 Å². The molecule has 0 saturated carbocycles. The van der Waals surface area contributed by atoms with Crippen LogP contribution in [0.1, 0.15) is 6.92 Å². The molecule has 1 heterocycles. The lowest BCUT2D eigenvalue weighted by Crippen LogP contribution is -1.95. The van der Waals surface area contributed by atoms with Gasteiger partial charge < -0.3 is 10.5 Å². The maximum absolute atomic E-state index is 13.2. The lowest BCUT2D eigenvalue weighted by molar-refractivity contribution is 0.341. The van der Waals surface area contributed by atoms with Crippen LogP contribution in [0.5, 0.6) is 5.75 Å². The van der Waals surface area contributed by atoms with E-state index in [1.807, 2.05) is 25.1 Å². The van der Waals surface area contributed by atoms with E-state index >= 15 is 0 Å². The minimum Gasteiger partial charge on any atom is -0.494 e. The standard InChI is InChI=1S/C15H13FN2O/c1-2-19-10-4-6-13-12(8-10)15(17)11-5-3-9(16)7-14(11)18-13/h3-8H,2H2,1H3,(H2,17,18). The van der Waals surface area contributed by atoms with Crippen LogP contribution in [-0.4, -0.2) is 11.6 Å². The second-order valence-electron chi connectivity index (χ2n) is 4.30. The fourth-order valence-electron chi connectivity index (χ4n) is 2.18. The first-order chi connectivity index (χ1) is 9.19. The van der Waals surface area contributed by atoms with Gasteiger partial charge in [0.1, 0.15) is 11.6 Å². The molecule has 0 spiro atoms. The van der Waals surface area contributed by atoms with Crippen LogP contribution in [-0.2, 0) is 0 Å². The molecular weight excluding hydrogens is 243 g/mol. The second kappa shape index (κ2) is 4.39. The lowest BCUT2D eigenvalue weighted by atomic mass is 10.1. The fourth-order valence-corrected chi connectivity index (χ4v) is 2.18. The zero-order valence-electron chi connectivity index (χ0n) is 10.5. The zero-order chi connectivity index (χ0) is 13.4. The molecule has 4 heteroatoms. The molecule has 3 aromatic rings. The Hall–Kier alpha value is -2.36. The van der Waals surface area contributed by atoms with Gasteiger partial charge in [-0.25, -0.2) is 9.37 Å². The van der Waals surface area contributed by atoms with E-state index in [4.69, 9.17) is 10.5 Å². The summed E-state index contributed by atoms with van der Waals surface area (Å²) in [5.74, 6) is 0.439. The van der Waals surface area contributed by atoms with Crippen molar-refractivity contribution in [2.45, 2.75) is 6.92 Å². The largest absolute Gasteiger partial charge is 0.494 e. The van der Waals surface area contributed by atoms with Crippen LogP contribution in [0.3, 0.4) is 0 Å². The third-order valence-corrected chi connectivity index (χ3v) is 3.06. The molecule has 0 aliphatic heterocycles. The van der Waals surface area contributed by atoms with Crippen molar-refractivity contribution in [1.82, 2.24) is 4.98 Å². The van der Waals surface area contributed by atoms with Crippen molar-refractivity contribution in [1.29, 1.82) is 0 Å². The molecule has 2 N–H and O–H groups in total. The highest BCUT2D eigenvalue weighted by molar-refractivity contribution is 6.06. The zero-order valence-corrected chi connectivity index (χ0v) is 10.5. The Bertz CT molecular complexity index is 771. The molecule has 2 aromatic carbocycles. The number of fused-ring (bicyclic) bond motifs is 2. The molecule has 0 atom stereocenters. The number of nitrogen functional groups attached to an aromatic ring is 1. The Kier molecular flexibility index (Phi) is 2.71. The smallest absolute Gasteiger partial charge is 0.125 e. The first kappa shape index (κ1) is 11.7. The predicted octanol–water partition coefficient (Wildman–Crippen LogP) is 3.51. The van der Waals surface area contributed by atoms with Crippen LogP contribution in [0, 0.1) is 5.82 Å². The number of nitrogens with zero attached hydrogens (tertiary/aromatic N) is 1. The van der Waals surface area contributed by atoms with Crippen molar-refractivity contribution < 1.29 is 9.13 Å². The van der Waals surface area contributed by atoms with Crippen LogP contribution in [0.2, 0.25) is 0 Å². The second-order valence-corrected chi connectivity index (χ2v) is 4.30. The van der Waals surface area contributed by atoms with Crippen molar-refractivity contribution in [2.75, 3.05) is 12.3 Å². The average molecular weight is 256 g/mol. The summed E-state index contributed by atoms with van der Waals surface area (Å²) in [5.41, 5.74) is 8.05. The maximum atomic E-state index is 13.2. The highest BCUT2D eigenvalue weighted by atomic mass is 19.1. The minimum absolute atomic E-state index is 0.315. The fraction of sp³-hybridized carbons (Fsp3) is 0.133. The molecule has 96 valence electrons. The normalized spacial score (nSPS) is 11.1. The van der Waals surface area contributed by atoms with E-state index in [1.54, 1.807) is 6.07 Å². The summed E-state index contributed by atoms with van der Waals surface area (Å²) in [7, 11) is 0. The van der Waals surface area contributed by atoms with Gasteiger partial charge in [-0.1, -0.05) is 0 Å². The van der Waals surface area contributed by atoms with Crippen LogP contribution in [0.4, 0.5) is 10.1 Å². The van der Waals surface area contributed by atoms with E-state index < -0.39 is 0 Å². The minimum atomic E-state index is -0.315. The molecule has 0 unspecified atom stereocenters. The van der Waals surface area contributed by atoms with Gasteiger partial charge in [-0.05, 0) is 37.3 Å². The van der Waals surface area contributed by atoms with Gasteiger partial charge in [0.15, 0.2) is 0 Å². The number of nitrogens with two attached hydrogens (primary N) is 1. The molecule has 19 heavy (non-hydrogen) atoms. The van der Waals surface area contributed by atoms with E-state index in [0.29, 0.717) is 17.8 Å². The number of anilines is 1. The SMILES string of the molecule is CCOc1ccc2nc3cc(F)ccc3c(N)c2c1. The molecule has 0 fully saturated rings. The summed E-state index contributed by atoms with van der Waals surface area (Å²) in [6.45, 7) is 2.52. The average Bonchev–Trinajstić information content (AvgIpc) is 2.40. The number of hydrogen-bond acceptors (Lipinski definition) is 3. The monoisotopic (exact) mass is 256 g/mol. The van der Waals surface area contributed by atoms with E-state index in [9.17, 15) is 4.39 Å². The number of rotatable bonds is 2. The van der Waals surface area contributed by atoms with Crippen molar-refractivity contribution in [3.8, 4) is 5.75 Å². The highest BCUT2D eigenvalue weighted by Gasteiger charge is 2.08. The summed E-state index contributed by atoms with van der Waals surface area (Å²) >= 11 is 0. The van der Waals surface area contributed by atoms with Gasteiger partial charge in [-0.2, -0.15) is 0 Å². The van der Waals surface area contributed by atoms with E-state index in [-0.39, 0.29) is 5.82 Å².